The number of carbonyl (C=O) groups excluding carboxylic acids is 2. The van der Waals surface area contributed by atoms with Gasteiger partial charge in [-0.1, -0.05) is 19.1 Å². The Morgan fingerprint density at radius 3 is 2.42 bits per heavy atom. The van der Waals surface area contributed by atoms with Crippen LogP contribution in [0.1, 0.15) is 33.1 Å². The molecule has 0 radical (unpaired) electrons. The van der Waals surface area contributed by atoms with Gasteiger partial charge in [-0.3, -0.25) is 19.4 Å². The van der Waals surface area contributed by atoms with Gasteiger partial charge in [-0.2, -0.15) is 0 Å². The smallest absolute Gasteiger partial charge is 0.230 e. The molecular formula is C19H28ClN3O3. The summed E-state index contributed by atoms with van der Waals surface area (Å²) in [6, 6.07) is 7.88. The molecule has 0 aromatic heterocycles. The van der Waals surface area contributed by atoms with E-state index in [0.717, 1.165) is 31.1 Å². The molecule has 144 valence electrons. The number of para-hydroxylation sites is 2. The first-order chi connectivity index (χ1) is 12.2. The second-order valence-electron chi connectivity index (χ2n) is 6.48. The average molecular weight is 382 g/mol. The van der Waals surface area contributed by atoms with E-state index < -0.39 is 0 Å². The fraction of sp³-hybridized carbons (Fsp3) is 0.579. The first kappa shape index (κ1) is 20.5. The third kappa shape index (κ3) is 4.13. The monoisotopic (exact) mass is 381 g/mol. The number of hydrogen-bond acceptors (Lipinski definition) is 5. The Kier molecular flexibility index (Phi) is 7.29. The number of piperazine rings is 1. The van der Waals surface area contributed by atoms with E-state index >= 15 is 0 Å². The zero-order valence-electron chi connectivity index (χ0n) is 15.5. The molecule has 0 saturated carbocycles. The maximum absolute atomic E-state index is 12.5. The minimum atomic E-state index is -0.268. The molecule has 0 aliphatic carbocycles. The van der Waals surface area contributed by atoms with Gasteiger partial charge < -0.3 is 9.64 Å². The molecule has 0 N–H and O–H groups in total. The highest BCUT2D eigenvalue weighted by atomic mass is 35.5. The van der Waals surface area contributed by atoms with Crippen molar-refractivity contribution in [3.8, 4) is 5.75 Å². The molecule has 3 rings (SSSR count). The Labute approximate surface area is 161 Å². The number of carbonyl (C=O) groups is 2. The van der Waals surface area contributed by atoms with Crippen LogP contribution >= 0.6 is 12.4 Å². The maximum atomic E-state index is 12.5. The highest BCUT2D eigenvalue weighted by molar-refractivity contribution is 5.98. The molecule has 1 aromatic carbocycles. The van der Waals surface area contributed by atoms with Crippen LogP contribution in [0.4, 0.5) is 5.69 Å². The molecule has 1 aromatic rings. The first-order valence-electron chi connectivity index (χ1n) is 9.21. The summed E-state index contributed by atoms with van der Waals surface area (Å²) in [6.45, 7) is 7.91. The molecule has 1 atom stereocenters. The van der Waals surface area contributed by atoms with Gasteiger partial charge in [0.25, 0.3) is 0 Å². The number of hydrogen-bond donors (Lipinski definition) is 0. The van der Waals surface area contributed by atoms with Crippen LogP contribution in [0.5, 0.6) is 5.75 Å². The van der Waals surface area contributed by atoms with Crippen molar-refractivity contribution < 1.29 is 14.3 Å². The summed E-state index contributed by atoms with van der Waals surface area (Å²) < 4.78 is 5.79. The minimum absolute atomic E-state index is 0. The second kappa shape index (κ2) is 9.24. The molecular weight excluding hydrogens is 354 g/mol. The van der Waals surface area contributed by atoms with E-state index in [1.165, 1.54) is 4.90 Å². The zero-order chi connectivity index (χ0) is 17.8. The van der Waals surface area contributed by atoms with Crippen molar-refractivity contribution in [2.45, 2.75) is 39.3 Å². The van der Waals surface area contributed by atoms with Crippen molar-refractivity contribution in [2.75, 3.05) is 37.7 Å². The first-order valence-corrected chi connectivity index (χ1v) is 9.21. The predicted octanol–water partition coefficient (Wildman–Crippen LogP) is 2.51. The molecule has 2 aliphatic heterocycles. The van der Waals surface area contributed by atoms with Crippen LogP contribution in [0.25, 0.3) is 0 Å². The Morgan fingerprint density at radius 2 is 1.77 bits per heavy atom. The fourth-order valence-electron chi connectivity index (χ4n) is 3.68. The number of rotatable bonds is 5. The van der Waals surface area contributed by atoms with E-state index in [9.17, 15) is 9.59 Å². The molecule has 2 aliphatic rings. The lowest BCUT2D eigenvalue weighted by Gasteiger charge is -2.47. The van der Waals surface area contributed by atoms with Crippen LogP contribution < -0.4 is 9.64 Å². The number of halogens is 1. The lowest BCUT2D eigenvalue weighted by Crippen LogP contribution is -2.63. The Bertz CT molecular complexity index is 624. The highest BCUT2D eigenvalue weighted by Crippen LogP contribution is 2.33. The fourth-order valence-corrected chi connectivity index (χ4v) is 3.68. The number of nitrogens with zero attached hydrogens (tertiary/aromatic N) is 3. The van der Waals surface area contributed by atoms with Crippen molar-refractivity contribution in [1.29, 1.82) is 0 Å². The van der Waals surface area contributed by atoms with E-state index in [1.807, 2.05) is 31.2 Å². The third-order valence-electron chi connectivity index (χ3n) is 4.98. The maximum Gasteiger partial charge on any atom is 0.230 e. The summed E-state index contributed by atoms with van der Waals surface area (Å²) in [5.41, 5.74) is 0.955. The molecule has 7 heteroatoms. The molecule has 26 heavy (non-hydrogen) atoms. The molecule has 2 saturated heterocycles. The Hall–Kier alpha value is -1.79. The predicted molar refractivity (Wildman–Crippen MR) is 104 cm³/mol. The molecule has 6 nitrogen and oxygen atoms in total. The summed E-state index contributed by atoms with van der Waals surface area (Å²) in [4.78, 5) is 31.0. The standard InChI is InChI=1S/C19H27N3O3.ClH/c1-3-20-12-13-21(15-8-5-6-9-16(15)25-4-2)17(14-20)22-18(23)10-7-11-19(22)24;/h5-6,8-9,17H,3-4,7,10-14H2,1-2H3;1H. The van der Waals surface area contributed by atoms with Crippen molar-refractivity contribution in [2.24, 2.45) is 0 Å². The molecule has 2 heterocycles. The topological polar surface area (TPSA) is 53.1 Å². The lowest BCUT2D eigenvalue weighted by atomic mass is 10.1. The molecule has 2 fully saturated rings. The third-order valence-corrected chi connectivity index (χ3v) is 4.98. The van der Waals surface area contributed by atoms with Crippen molar-refractivity contribution in [1.82, 2.24) is 9.80 Å². The zero-order valence-corrected chi connectivity index (χ0v) is 16.3. The van der Waals surface area contributed by atoms with Crippen LogP contribution in [-0.2, 0) is 9.59 Å². The summed E-state index contributed by atoms with van der Waals surface area (Å²) in [7, 11) is 0. The van der Waals surface area contributed by atoms with Gasteiger partial charge >= 0.3 is 0 Å². The van der Waals surface area contributed by atoms with Crippen LogP contribution in [-0.4, -0.2) is 60.6 Å². The largest absolute Gasteiger partial charge is 0.492 e. The van der Waals surface area contributed by atoms with E-state index in [2.05, 4.69) is 16.7 Å². The SMILES string of the molecule is CCOc1ccccc1N1CCN(CC)CC1N1C(=O)CCCC1=O.Cl. The van der Waals surface area contributed by atoms with Gasteiger partial charge in [-0.15, -0.1) is 12.4 Å². The van der Waals surface area contributed by atoms with Gasteiger partial charge in [-0.25, -0.2) is 0 Å². The van der Waals surface area contributed by atoms with Crippen LogP contribution in [0.3, 0.4) is 0 Å². The Balaban J connectivity index is 0.00000243. The highest BCUT2D eigenvalue weighted by Gasteiger charge is 2.39. The number of ether oxygens (including phenoxy) is 1. The number of imide groups is 1. The lowest BCUT2D eigenvalue weighted by molar-refractivity contribution is -0.151. The van der Waals surface area contributed by atoms with Crippen molar-refractivity contribution in [3.05, 3.63) is 24.3 Å². The van der Waals surface area contributed by atoms with E-state index in [-0.39, 0.29) is 30.4 Å². The van der Waals surface area contributed by atoms with E-state index in [1.54, 1.807) is 0 Å². The summed E-state index contributed by atoms with van der Waals surface area (Å²) >= 11 is 0. The molecule has 2 amide bonds. The van der Waals surface area contributed by atoms with Crippen molar-refractivity contribution >= 4 is 29.9 Å². The number of likely N-dealkylation sites (tertiary alicyclic amines) is 1. The van der Waals surface area contributed by atoms with Crippen molar-refractivity contribution in [3.63, 3.8) is 0 Å². The Morgan fingerprint density at radius 1 is 1.08 bits per heavy atom. The van der Waals surface area contributed by atoms with E-state index in [4.69, 9.17) is 4.74 Å². The van der Waals surface area contributed by atoms with Gasteiger partial charge in [0.15, 0.2) is 0 Å². The second-order valence-corrected chi connectivity index (χ2v) is 6.48. The number of anilines is 1. The summed E-state index contributed by atoms with van der Waals surface area (Å²) in [6.07, 6.45) is 1.30. The number of piperidine rings is 1. The van der Waals surface area contributed by atoms with E-state index in [0.29, 0.717) is 32.4 Å². The summed E-state index contributed by atoms with van der Waals surface area (Å²) in [5.74, 6) is 0.688. The van der Waals surface area contributed by atoms with Gasteiger partial charge in [0.05, 0.1) is 12.3 Å². The normalized spacial score (nSPS) is 21.5. The molecule has 0 spiro atoms. The number of amides is 2. The molecule has 0 bridgehead atoms. The van der Waals surface area contributed by atoms with Gasteiger partial charge in [0, 0.05) is 32.5 Å². The van der Waals surface area contributed by atoms with Crippen LogP contribution in [0.2, 0.25) is 0 Å². The number of benzene rings is 1. The average Bonchev–Trinajstić information content (AvgIpc) is 2.62. The van der Waals surface area contributed by atoms with Gasteiger partial charge in [0.2, 0.25) is 11.8 Å². The van der Waals surface area contributed by atoms with Crippen LogP contribution in [0.15, 0.2) is 24.3 Å². The quantitative estimate of drug-likeness (QED) is 0.733. The van der Waals surface area contributed by atoms with Gasteiger partial charge in [0.1, 0.15) is 11.9 Å². The van der Waals surface area contributed by atoms with Gasteiger partial charge in [-0.05, 0) is 32.0 Å². The molecule has 1 unspecified atom stereocenters. The van der Waals surface area contributed by atoms with Crippen LogP contribution in [0, 0.1) is 0 Å². The minimum Gasteiger partial charge on any atom is -0.492 e. The number of likely N-dealkylation sites (N-methyl/N-ethyl adjacent to an activating group) is 1. The summed E-state index contributed by atoms with van der Waals surface area (Å²) in [5, 5.41) is 0.